The van der Waals surface area contributed by atoms with Crippen LogP contribution in [-0.2, 0) is 15.0 Å². The highest BCUT2D eigenvalue weighted by molar-refractivity contribution is 7.86. The van der Waals surface area contributed by atoms with Gasteiger partial charge in [0.15, 0.2) is 0 Å². The standard InChI is InChI=1S/C10H22N4O3S/c1-9(2)12-4-3-10(15)13-5-7-14(8-6-13)18(11,16)17/h9,12H,3-8H2,1-2H3,(H2,11,16,17). The Morgan fingerprint density at radius 2 is 1.83 bits per heavy atom. The van der Waals surface area contributed by atoms with Crippen molar-refractivity contribution in [2.24, 2.45) is 5.14 Å². The average molecular weight is 278 g/mol. The van der Waals surface area contributed by atoms with Gasteiger partial charge in [-0.05, 0) is 0 Å². The largest absolute Gasteiger partial charge is 0.340 e. The van der Waals surface area contributed by atoms with Crippen LogP contribution >= 0.6 is 0 Å². The highest BCUT2D eigenvalue weighted by Gasteiger charge is 2.25. The van der Waals surface area contributed by atoms with Crippen LogP contribution in [0.1, 0.15) is 20.3 Å². The van der Waals surface area contributed by atoms with Gasteiger partial charge < -0.3 is 10.2 Å². The molecule has 0 aromatic rings. The normalized spacial score (nSPS) is 18.3. The van der Waals surface area contributed by atoms with Crippen LogP contribution in [0.15, 0.2) is 0 Å². The Hall–Kier alpha value is -0.700. The summed E-state index contributed by atoms with van der Waals surface area (Å²) in [6, 6.07) is 0.358. The number of carbonyl (C=O) groups excluding carboxylic acids is 1. The number of carbonyl (C=O) groups is 1. The van der Waals surface area contributed by atoms with Gasteiger partial charge in [0.25, 0.3) is 10.2 Å². The van der Waals surface area contributed by atoms with Crippen molar-refractivity contribution in [1.82, 2.24) is 14.5 Å². The first-order valence-corrected chi connectivity index (χ1v) is 7.60. The number of rotatable bonds is 5. The molecule has 0 atom stereocenters. The first kappa shape index (κ1) is 15.4. The third kappa shape index (κ3) is 4.89. The minimum Gasteiger partial charge on any atom is -0.340 e. The van der Waals surface area contributed by atoms with Crippen molar-refractivity contribution < 1.29 is 13.2 Å². The third-order valence-corrected chi connectivity index (χ3v) is 3.93. The van der Waals surface area contributed by atoms with Crippen molar-refractivity contribution in [3.63, 3.8) is 0 Å². The van der Waals surface area contributed by atoms with E-state index in [1.165, 1.54) is 4.31 Å². The first-order chi connectivity index (χ1) is 8.30. The predicted octanol–water partition coefficient (Wildman–Crippen LogP) is -1.28. The summed E-state index contributed by atoms with van der Waals surface area (Å²) < 4.78 is 23.4. The van der Waals surface area contributed by atoms with Gasteiger partial charge in [-0.1, -0.05) is 13.8 Å². The molecule has 8 heteroatoms. The molecule has 18 heavy (non-hydrogen) atoms. The van der Waals surface area contributed by atoms with E-state index in [0.717, 1.165) is 0 Å². The summed E-state index contributed by atoms with van der Waals surface area (Å²) in [4.78, 5) is 13.5. The van der Waals surface area contributed by atoms with Crippen LogP contribution in [0.5, 0.6) is 0 Å². The predicted molar refractivity (Wildman–Crippen MR) is 69.0 cm³/mol. The molecule has 106 valence electrons. The van der Waals surface area contributed by atoms with Crippen LogP contribution in [-0.4, -0.2) is 62.3 Å². The second-order valence-electron chi connectivity index (χ2n) is 4.68. The van der Waals surface area contributed by atoms with E-state index in [-0.39, 0.29) is 19.0 Å². The molecule has 0 bridgehead atoms. The lowest BCUT2D eigenvalue weighted by molar-refractivity contribution is -0.132. The topological polar surface area (TPSA) is 95.7 Å². The lowest BCUT2D eigenvalue weighted by Gasteiger charge is -2.33. The quantitative estimate of drug-likeness (QED) is 0.655. The van der Waals surface area contributed by atoms with Crippen molar-refractivity contribution in [3.8, 4) is 0 Å². The van der Waals surface area contributed by atoms with Gasteiger partial charge in [0.05, 0.1) is 0 Å². The molecular weight excluding hydrogens is 256 g/mol. The summed E-state index contributed by atoms with van der Waals surface area (Å²) in [7, 11) is -3.62. The molecule has 1 amide bonds. The van der Waals surface area contributed by atoms with E-state index >= 15 is 0 Å². The maximum atomic E-state index is 11.8. The number of nitrogens with two attached hydrogens (primary N) is 1. The molecule has 1 aliphatic heterocycles. The minimum absolute atomic E-state index is 0.0530. The Morgan fingerprint density at radius 1 is 1.28 bits per heavy atom. The second-order valence-corrected chi connectivity index (χ2v) is 6.23. The van der Waals surface area contributed by atoms with Crippen molar-refractivity contribution in [3.05, 3.63) is 0 Å². The van der Waals surface area contributed by atoms with Crippen molar-refractivity contribution >= 4 is 16.1 Å². The van der Waals surface area contributed by atoms with E-state index in [9.17, 15) is 13.2 Å². The first-order valence-electron chi connectivity index (χ1n) is 6.09. The van der Waals surface area contributed by atoms with Gasteiger partial charge in [0, 0.05) is 45.2 Å². The van der Waals surface area contributed by atoms with Gasteiger partial charge in [-0.2, -0.15) is 12.7 Å². The highest BCUT2D eigenvalue weighted by atomic mass is 32.2. The van der Waals surface area contributed by atoms with Crippen LogP contribution in [0, 0.1) is 0 Å². The van der Waals surface area contributed by atoms with Gasteiger partial charge in [0.2, 0.25) is 5.91 Å². The molecular formula is C10H22N4O3S. The summed E-state index contributed by atoms with van der Waals surface area (Å²) >= 11 is 0. The van der Waals surface area contributed by atoms with E-state index < -0.39 is 10.2 Å². The van der Waals surface area contributed by atoms with Gasteiger partial charge in [0.1, 0.15) is 0 Å². The van der Waals surface area contributed by atoms with Crippen LogP contribution < -0.4 is 10.5 Å². The fraction of sp³-hybridized carbons (Fsp3) is 0.900. The average Bonchev–Trinajstić information content (AvgIpc) is 2.27. The maximum Gasteiger partial charge on any atom is 0.277 e. The number of nitrogens with one attached hydrogen (secondary N) is 1. The molecule has 0 aromatic carbocycles. The summed E-state index contributed by atoms with van der Waals surface area (Å²) in [5, 5.41) is 8.20. The van der Waals surface area contributed by atoms with E-state index in [1.807, 2.05) is 13.8 Å². The van der Waals surface area contributed by atoms with Crippen molar-refractivity contribution in [2.45, 2.75) is 26.3 Å². The zero-order valence-electron chi connectivity index (χ0n) is 10.9. The lowest BCUT2D eigenvalue weighted by atomic mass is 10.3. The molecule has 1 aliphatic rings. The molecule has 0 spiro atoms. The van der Waals surface area contributed by atoms with E-state index in [2.05, 4.69) is 5.32 Å². The summed E-state index contributed by atoms with van der Waals surface area (Å²) in [6.45, 7) is 6.08. The molecule has 7 nitrogen and oxygen atoms in total. The van der Waals surface area contributed by atoms with E-state index in [0.29, 0.717) is 32.1 Å². The Kier molecular flexibility index (Phi) is 5.51. The zero-order valence-corrected chi connectivity index (χ0v) is 11.7. The smallest absolute Gasteiger partial charge is 0.277 e. The van der Waals surface area contributed by atoms with Crippen molar-refractivity contribution in [1.29, 1.82) is 0 Å². The van der Waals surface area contributed by atoms with E-state index in [1.54, 1.807) is 4.90 Å². The maximum absolute atomic E-state index is 11.8. The summed E-state index contributed by atoms with van der Waals surface area (Å²) in [5.74, 6) is 0.0530. The Labute approximate surface area is 108 Å². The number of piperazine rings is 1. The molecule has 0 aliphatic carbocycles. The number of hydrogen-bond donors (Lipinski definition) is 2. The van der Waals surface area contributed by atoms with E-state index in [4.69, 9.17) is 5.14 Å². The van der Waals surface area contributed by atoms with Gasteiger partial charge in [-0.3, -0.25) is 4.79 Å². The van der Waals surface area contributed by atoms with Crippen LogP contribution in [0.3, 0.4) is 0 Å². The SMILES string of the molecule is CC(C)NCCC(=O)N1CCN(S(N)(=O)=O)CC1. The molecule has 0 aromatic heterocycles. The van der Waals surface area contributed by atoms with Gasteiger partial charge >= 0.3 is 0 Å². The number of hydrogen-bond acceptors (Lipinski definition) is 4. The summed E-state index contributed by atoms with van der Waals surface area (Å²) in [5.41, 5.74) is 0. The Morgan fingerprint density at radius 3 is 2.28 bits per heavy atom. The molecule has 1 saturated heterocycles. The highest BCUT2D eigenvalue weighted by Crippen LogP contribution is 2.05. The molecule has 1 heterocycles. The molecule has 0 saturated carbocycles. The summed E-state index contributed by atoms with van der Waals surface area (Å²) in [6.07, 6.45) is 0.438. The Balaban J connectivity index is 2.32. The van der Waals surface area contributed by atoms with Gasteiger partial charge in [-0.25, -0.2) is 5.14 Å². The second kappa shape index (κ2) is 6.46. The molecule has 0 radical (unpaired) electrons. The minimum atomic E-state index is -3.62. The lowest BCUT2D eigenvalue weighted by Crippen LogP contribution is -2.52. The monoisotopic (exact) mass is 278 g/mol. The zero-order chi connectivity index (χ0) is 13.8. The molecule has 1 fully saturated rings. The fourth-order valence-corrected chi connectivity index (χ4v) is 2.49. The molecule has 0 unspecified atom stereocenters. The number of nitrogens with zero attached hydrogens (tertiary/aromatic N) is 2. The molecule has 3 N–H and O–H groups in total. The Bertz CT molecular complexity index is 375. The van der Waals surface area contributed by atoms with Crippen molar-refractivity contribution in [2.75, 3.05) is 32.7 Å². The number of amides is 1. The van der Waals surface area contributed by atoms with Gasteiger partial charge in [-0.15, -0.1) is 0 Å². The fourth-order valence-electron chi connectivity index (χ4n) is 1.82. The van der Waals surface area contributed by atoms with Crippen LogP contribution in [0.4, 0.5) is 0 Å². The molecule has 1 rings (SSSR count). The van der Waals surface area contributed by atoms with Crippen LogP contribution in [0.25, 0.3) is 0 Å². The van der Waals surface area contributed by atoms with Crippen LogP contribution in [0.2, 0.25) is 0 Å². The third-order valence-electron chi connectivity index (χ3n) is 2.84.